The Morgan fingerprint density at radius 2 is 1.81 bits per heavy atom. The van der Waals surface area contributed by atoms with Crippen molar-refractivity contribution < 1.29 is 14.0 Å². The Kier molecular flexibility index (Phi) is 4.01. The first-order chi connectivity index (χ1) is 12.7. The fraction of sp³-hybridized carbons (Fsp3) is 0.150. The molecule has 0 N–H and O–H groups in total. The summed E-state index contributed by atoms with van der Waals surface area (Å²) in [7, 11) is 3.20. The molecule has 6 heteroatoms. The highest BCUT2D eigenvalue weighted by Crippen LogP contribution is 2.32. The van der Waals surface area contributed by atoms with Crippen LogP contribution in [0.4, 0.5) is 0 Å². The zero-order valence-electron chi connectivity index (χ0n) is 14.7. The summed E-state index contributed by atoms with van der Waals surface area (Å²) in [5.41, 5.74) is 3.48. The minimum Gasteiger partial charge on any atom is -0.497 e. The van der Waals surface area contributed by atoms with E-state index in [1.54, 1.807) is 14.2 Å². The van der Waals surface area contributed by atoms with Crippen molar-refractivity contribution in [2.24, 2.45) is 0 Å². The van der Waals surface area contributed by atoms with E-state index in [9.17, 15) is 0 Å². The van der Waals surface area contributed by atoms with Gasteiger partial charge >= 0.3 is 0 Å². The number of hydrogen-bond acceptors (Lipinski definition) is 6. The van der Waals surface area contributed by atoms with Crippen LogP contribution in [0, 0.1) is 6.92 Å². The first-order valence-corrected chi connectivity index (χ1v) is 8.12. The molecule has 0 atom stereocenters. The summed E-state index contributed by atoms with van der Waals surface area (Å²) in [5, 5.41) is 5.10. The molecule has 0 spiro atoms. The first kappa shape index (κ1) is 16.1. The monoisotopic (exact) mass is 347 g/mol. The number of nitrogens with zero attached hydrogens (tertiary/aromatic N) is 3. The van der Waals surface area contributed by atoms with E-state index in [0.717, 1.165) is 27.8 Å². The van der Waals surface area contributed by atoms with Crippen molar-refractivity contribution >= 4 is 10.9 Å². The van der Waals surface area contributed by atoms with Crippen LogP contribution in [0.5, 0.6) is 11.6 Å². The van der Waals surface area contributed by atoms with Gasteiger partial charge in [0.1, 0.15) is 5.75 Å². The van der Waals surface area contributed by atoms with Crippen LogP contribution in [0.3, 0.4) is 0 Å². The molecule has 26 heavy (non-hydrogen) atoms. The topological polar surface area (TPSA) is 70.3 Å². The van der Waals surface area contributed by atoms with Crippen LogP contribution in [-0.2, 0) is 0 Å². The average molecular weight is 347 g/mol. The summed E-state index contributed by atoms with van der Waals surface area (Å²) >= 11 is 0. The number of methoxy groups -OCH3 is 2. The molecule has 0 saturated heterocycles. The van der Waals surface area contributed by atoms with Gasteiger partial charge < -0.3 is 14.0 Å². The van der Waals surface area contributed by atoms with E-state index in [4.69, 9.17) is 14.0 Å². The number of ether oxygens (including phenoxy) is 2. The van der Waals surface area contributed by atoms with Crippen LogP contribution in [0.1, 0.15) is 5.56 Å². The molecular formula is C20H17N3O3. The molecule has 2 aromatic heterocycles. The predicted molar refractivity (Wildman–Crippen MR) is 98.3 cm³/mol. The molecular weight excluding hydrogens is 330 g/mol. The first-order valence-electron chi connectivity index (χ1n) is 8.12. The third kappa shape index (κ3) is 2.86. The Labute approximate surface area is 150 Å². The summed E-state index contributed by atoms with van der Waals surface area (Å²) in [6, 6.07) is 15.5. The standard InChI is InChI=1S/C20H17N3O3/c1-12-7-8-17-14(9-12)11-16(20(21-17)25-3)18-22-19(26-23-18)13-5-4-6-15(10-13)24-2/h4-11H,1-3H3. The van der Waals surface area contributed by atoms with Crippen LogP contribution < -0.4 is 9.47 Å². The maximum atomic E-state index is 5.44. The Hall–Kier alpha value is -3.41. The summed E-state index contributed by atoms with van der Waals surface area (Å²) in [6.07, 6.45) is 0. The van der Waals surface area contributed by atoms with Gasteiger partial charge in [0, 0.05) is 10.9 Å². The number of fused-ring (bicyclic) bond motifs is 1. The van der Waals surface area contributed by atoms with Gasteiger partial charge in [-0.05, 0) is 43.3 Å². The molecule has 0 fully saturated rings. The highest BCUT2D eigenvalue weighted by atomic mass is 16.5. The lowest BCUT2D eigenvalue weighted by molar-refractivity contribution is 0.399. The van der Waals surface area contributed by atoms with Crippen LogP contribution in [-0.4, -0.2) is 29.3 Å². The lowest BCUT2D eigenvalue weighted by Gasteiger charge is -2.07. The minimum absolute atomic E-state index is 0.408. The third-order valence-electron chi connectivity index (χ3n) is 4.11. The van der Waals surface area contributed by atoms with E-state index in [-0.39, 0.29) is 0 Å². The summed E-state index contributed by atoms with van der Waals surface area (Å²) in [4.78, 5) is 9.07. The molecule has 0 saturated carbocycles. The number of rotatable bonds is 4. The Balaban J connectivity index is 1.81. The fourth-order valence-corrected chi connectivity index (χ4v) is 2.80. The van der Waals surface area contributed by atoms with E-state index >= 15 is 0 Å². The fourth-order valence-electron chi connectivity index (χ4n) is 2.80. The quantitative estimate of drug-likeness (QED) is 0.549. The molecule has 0 bridgehead atoms. The van der Waals surface area contributed by atoms with Gasteiger partial charge in [-0.25, -0.2) is 4.98 Å². The number of benzene rings is 2. The second-order valence-corrected chi connectivity index (χ2v) is 5.90. The molecule has 6 nitrogen and oxygen atoms in total. The number of pyridine rings is 1. The van der Waals surface area contributed by atoms with Crippen LogP contribution in [0.25, 0.3) is 33.7 Å². The van der Waals surface area contributed by atoms with Gasteiger partial charge in [0.15, 0.2) is 0 Å². The zero-order valence-corrected chi connectivity index (χ0v) is 14.7. The van der Waals surface area contributed by atoms with Crippen molar-refractivity contribution in [1.29, 1.82) is 0 Å². The molecule has 2 heterocycles. The Morgan fingerprint density at radius 3 is 2.62 bits per heavy atom. The highest BCUT2D eigenvalue weighted by molar-refractivity contribution is 5.85. The lowest BCUT2D eigenvalue weighted by Crippen LogP contribution is -1.94. The van der Waals surface area contributed by atoms with E-state index in [1.807, 2.05) is 49.4 Å². The van der Waals surface area contributed by atoms with Gasteiger partial charge in [-0.1, -0.05) is 22.9 Å². The van der Waals surface area contributed by atoms with Gasteiger partial charge in [0.2, 0.25) is 11.7 Å². The normalized spacial score (nSPS) is 10.9. The summed E-state index contributed by atoms with van der Waals surface area (Å²) in [5.74, 6) is 2.02. The second kappa shape index (κ2) is 6.48. The van der Waals surface area contributed by atoms with Gasteiger partial charge in [0.05, 0.1) is 25.3 Å². The molecule has 0 aliphatic carbocycles. The van der Waals surface area contributed by atoms with E-state index in [0.29, 0.717) is 23.2 Å². The predicted octanol–water partition coefficient (Wildman–Crippen LogP) is 4.28. The molecule has 0 unspecified atom stereocenters. The van der Waals surface area contributed by atoms with E-state index < -0.39 is 0 Å². The van der Waals surface area contributed by atoms with Crippen molar-refractivity contribution in [3.63, 3.8) is 0 Å². The maximum Gasteiger partial charge on any atom is 0.258 e. The van der Waals surface area contributed by atoms with Crippen molar-refractivity contribution in [3.05, 3.63) is 54.1 Å². The van der Waals surface area contributed by atoms with E-state index in [2.05, 4.69) is 21.2 Å². The maximum absolute atomic E-state index is 5.44. The van der Waals surface area contributed by atoms with Gasteiger partial charge in [-0.15, -0.1) is 0 Å². The largest absolute Gasteiger partial charge is 0.497 e. The molecule has 0 radical (unpaired) electrons. The van der Waals surface area contributed by atoms with Gasteiger partial charge in [0.25, 0.3) is 5.89 Å². The third-order valence-corrected chi connectivity index (χ3v) is 4.11. The second-order valence-electron chi connectivity index (χ2n) is 5.90. The summed E-state index contributed by atoms with van der Waals surface area (Å²) in [6.45, 7) is 2.04. The molecule has 4 rings (SSSR count). The van der Waals surface area contributed by atoms with Crippen molar-refractivity contribution in [3.8, 4) is 34.5 Å². The molecule has 4 aromatic rings. The number of aryl methyl sites for hydroxylation is 1. The molecule has 130 valence electrons. The Morgan fingerprint density at radius 1 is 0.923 bits per heavy atom. The smallest absolute Gasteiger partial charge is 0.258 e. The zero-order chi connectivity index (χ0) is 18.1. The van der Waals surface area contributed by atoms with Crippen LogP contribution in [0.15, 0.2) is 53.1 Å². The number of hydrogen-bond donors (Lipinski definition) is 0. The molecule has 0 amide bonds. The van der Waals surface area contributed by atoms with Crippen molar-refractivity contribution in [2.45, 2.75) is 6.92 Å². The Bertz CT molecular complexity index is 1090. The highest BCUT2D eigenvalue weighted by Gasteiger charge is 2.17. The van der Waals surface area contributed by atoms with Crippen LogP contribution >= 0.6 is 0 Å². The molecule has 0 aliphatic heterocycles. The lowest BCUT2D eigenvalue weighted by atomic mass is 10.1. The van der Waals surface area contributed by atoms with Gasteiger partial charge in [-0.3, -0.25) is 0 Å². The van der Waals surface area contributed by atoms with Crippen molar-refractivity contribution in [2.75, 3.05) is 14.2 Å². The summed E-state index contributed by atoms with van der Waals surface area (Å²) < 4.78 is 16.1. The van der Waals surface area contributed by atoms with Crippen LogP contribution in [0.2, 0.25) is 0 Å². The average Bonchev–Trinajstić information content (AvgIpc) is 3.17. The minimum atomic E-state index is 0.408. The number of aromatic nitrogens is 3. The molecule has 0 aliphatic rings. The SMILES string of the molecule is COc1cccc(-c2nc(-c3cc4cc(C)ccc4nc3OC)no2)c1. The van der Waals surface area contributed by atoms with Crippen molar-refractivity contribution in [1.82, 2.24) is 15.1 Å². The molecule has 2 aromatic carbocycles. The van der Waals surface area contributed by atoms with E-state index in [1.165, 1.54) is 0 Å². The van der Waals surface area contributed by atoms with Gasteiger partial charge in [-0.2, -0.15) is 4.98 Å².